The fraction of sp³-hybridized carbons (Fsp3) is 0.136. The second-order valence-electron chi connectivity index (χ2n) is 6.27. The number of aryl methyl sites for hydroxylation is 1. The second-order valence-corrected chi connectivity index (χ2v) is 7.82. The Hall–Kier alpha value is -3.12. The van der Waals surface area contributed by atoms with Gasteiger partial charge in [0.15, 0.2) is 0 Å². The molecule has 144 valence electrons. The first-order valence-electron chi connectivity index (χ1n) is 8.68. The maximum Gasteiger partial charge on any atom is 0.339 e. The van der Waals surface area contributed by atoms with Crippen LogP contribution in [0.3, 0.4) is 0 Å². The lowest BCUT2D eigenvalue weighted by atomic mass is 10.1. The zero-order valence-corrected chi connectivity index (χ0v) is 16.7. The molecule has 5 nitrogen and oxygen atoms in total. The molecule has 0 saturated carbocycles. The van der Waals surface area contributed by atoms with E-state index in [-0.39, 0.29) is 10.6 Å². The lowest BCUT2D eigenvalue weighted by Crippen LogP contribution is -2.09. The van der Waals surface area contributed by atoms with Gasteiger partial charge in [0.1, 0.15) is 16.4 Å². The molecule has 0 atom stereocenters. The third-order valence-electron chi connectivity index (χ3n) is 4.16. The van der Waals surface area contributed by atoms with Crippen LogP contribution in [-0.2, 0) is 10.1 Å². The predicted octanol–water partition coefficient (Wildman–Crippen LogP) is 4.91. The average molecular weight is 395 g/mol. The van der Waals surface area contributed by atoms with E-state index in [1.54, 1.807) is 43.5 Å². The van der Waals surface area contributed by atoms with Crippen LogP contribution < -0.4 is 8.92 Å². The number of nitrogens with zero attached hydrogens (tertiary/aromatic N) is 1. The fourth-order valence-corrected chi connectivity index (χ4v) is 3.48. The molecular weight excluding hydrogens is 374 g/mol. The Morgan fingerprint density at radius 1 is 0.821 bits per heavy atom. The Balaban J connectivity index is 1.75. The van der Waals surface area contributed by atoms with E-state index in [1.807, 2.05) is 38.1 Å². The molecule has 3 rings (SSSR count). The number of hydrogen-bond donors (Lipinski definition) is 0. The quantitative estimate of drug-likeness (QED) is 0.439. The highest BCUT2D eigenvalue weighted by Crippen LogP contribution is 2.22. The van der Waals surface area contributed by atoms with Crippen LogP contribution in [0, 0.1) is 6.92 Å². The average Bonchev–Trinajstić information content (AvgIpc) is 2.69. The molecule has 3 aromatic rings. The monoisotopic (exact) mass is 395 g/mol. The number of rotatable bonds is 6. The van der Waals surface area contributed by atoms with Crippen molar-refractivity contribution >= 4 is 21.5 Å². The van der Waals surface area contributed by atoms with E-state index < -0.39 is 10.1 Å². The number of methoxy groups -OCH3 is 1. The number of aliphatic imine (C=N–C) groups is 1. The highest BCUT2D eigenvalue weighted by molar-refractivity contribution is 7.87. The molecule has 6 heteroatoms. The van der Waals surface area contributed by atoms with Gasteiger partial charge in [-0.3, -0.25) is 4.99 Å². The molecule has 0 bridgehead atoms. The van der Waals surface area contributed by atoms with Gasteiger partial charge >= 0.3 is 10.1 Å². The van der Waals surface area contributed by atoms with Crippen LogP contribution in [0.25, 0.3) is 0 Å². The van der Waals surface area contributed by atoms with Crippen molar-refractivity contribution in [3.8, 4) is 11.5 Å². The minimum Gasteiger partial charge on any atom is -0.497 e. The van der Waals surface area contributed by atoms with Crippen LogP contribution in [0.5, 0.6) is 11.5 Å². The highest BCUT2D eigenvalue weighted by atomic mass is 32.2. The summed E-state index contributed by atoms with van der Waals surface area (Å²) in [5.74, 6) is 1.02. The van der Waals surface area contributed by atoms with E-state index in [2.05, 4.69) is 4.99 Å². The zero-order chi connectivity index (χ0) is 20.1. The molecular formula is C22H21NO4S. The number of benzene rings is 3. The molecule has 0 radical (unpaired) electrons. The molecule has 3 aromatic carbocycles. The largest absolute Gasteiger partial charge is 0.497 e. The van der Waals surface area contributed by atoms with Crippen molar-refractivity contribution in [1.82, 2.24) is 0 Å². The van der Waals surface area contributed by atoms with Gasteiger partial charge in [-0.15, -0.1) is 0 Å². The van der Waals surface area contributed by atoms with E-state index in [9.17, 15) is 8.42 Å². The van der Waals surface area contributed by atoms with Gasteiger partial charge in [0.2, 0.25) is 0 Å². The van der Waals surface area contributed by atoms with Gasteiger partial charge in [-0.1, -0.05) is 17.7 Å². The standard InChI is InChI=1S/C22H21NO4S/c1-16-4-14-22(15-5-16)28(24,25)27-21-10-6-18(7-11-21)17(2)23-19-8-12-20(26-3)13-9-19/h4-15H,1-3H3. The normalized spacial score (nSPS) is 11.9. The minimum atomic E-state index is -3.86. The van der Waals surface area contributed by atoms with Crippen molar-refractivity contribution in [3.63, 3.8) is 0 Å². The molecule has 0 aliphatic rings. The SMILES string of the molecule is COc1ccc(N=C(C)c2ccc(OS(=O)(=O)c3ccc(C)cc3)cc2)cc1. The molecule has 0 aromatic heterocycles. The highest BCUT2D eigenvalue weighted by Gasteiger charge is 2.16. The predicted molar refractivity (Wildman–Crippen MR) is 110 cm³/mol. The van der Waals surface area contributed by atoms with E-state index >= 15 is 0 Å². The van der Waals surface area contributed by atoms with Crippen LogP contribution >= 0.6 is 0 Å². The fourth-order valence-electron chi connectivity index (χ4n) is 2.55. The molecule has 0 heterocycles. The van der Waals surface area contributed by atoms with Crippen LogP contribution in [-0.4, -0.2) is 21.2 Å². The van der Waals surface area contributed by atoms with Crippen LogP contribution in [0.1, 0.15) is 18.1 Å². The Kier molecular flexibility index (Phi) is 5.80. The van der Waals surface area contributed by atoms with Gasteiger partial charge in [0.05, 0.1) is 12.8 Å². The first-order chi connectivity index (χ1) is 13.4. The maximum absolute atomic E-state index is 12.4. The third-order valence-corrected chi connectivity index (χ3v) is 5.42. The molecule has 0 aliphatic carbocycles. The van der Waals surface area contributed by atoms with Gasteiger partial charge in [0, 0.05) is 5.71 Å². The van der Waals surface area contributed by atoms with Crippen molar-refractivity contribution < 1.29 is 17.3 Å². The topological polar surface area (TPSA) is 65.0 Å². The van der Waals surface area contributed by atoms with Gasteiger partial charge in [0.25, 0.3) is 0 Å². The van der Waals surface area contributed by atoms with Gasteiger partial charge in [-0.05, 0) is 80.1 Å². The lowest BCUT2D eigenvalue weighted by molar-refractivity contribution is 0.415. The lowest BCUT2D eigenvalue weighted by Gasteiger charge is -2.08. The van der Waals surface area contributed by atoms with Crippen molar-refractivity contribution in [2.75, 3.05) is 7.11 Å². The molecule has 0 unspecified atom stereocenters. The minimum absolute atomic E-state index is 0.124. The molecule has 28 heavy (non-hydrogen) atoms. The summed E-state index contributed by atoms with van der Waals surface area (Å²) in [4.78, 5) is 4.69. The van der Waals surface area contributed by atoms with E-state index in [1.165, 1.54) is 12.1 Å². The van der Waals surface area contributed by atoms with E-state index in [0.29, 0.717) is 0 Å². The number of ether oxygens (including phenoxy) is 1. The summed E-state index contributed by atoms with van der Waals surface area (Å²) in [6.07, 6.45) is 0. The van der Waals surface area contributed by atoms with Gasteiger partial charge in [-0.2, -0.15) is 8.42 Å². The second kappa shape index (κ2) is 8.27. The molecule has 0 aliphatic heterocycles. The Labute approximate surface area is 165 Å². The molecule has 0 spiro atoms. The van der Waals surface area contributed by atoms with Crippen molar-refractivity contribution in [1.29, 1.82) is 0 Å². The molecule has 0 N–H and O–H groups in total. The Bertz CT molecular complexity index is 1070. The smallest absolute Gasteiger partial charge is 0.339 e. The first-order valence-corrected chi connectivity index (χ1v) is 10.1. The van der Waals surface area contributed by atoms with Gasteiger partial charge < -0.3 is 8.92 Å². The third kappa shape index (κ3) is 4.78. The summed E-state index contributed by atoms with van der Waals surface area (Å²) in [7, 11) is -2.24. The summed E-state index contributed by atoms with van der Waals surface area (Å²) in [6.45, 7) is 3.79. The summed E-state index contributed by atoms with van der Waals surface area (Å²) in [5, 5.41) is 0. The first kappa shape index (κ1) is 19.6. The maximum atomic E-state index is 12.4. The molecule has 0 amide bonds. The number of hydrogen-bond acceptors (Lipinski definition) is 5. The van der Waals surface area contributed by atoms with Crippen molar-refractivity contribution in [3.05, 3.63) is 83.9 Å². The summed E-state index contributed by atoms with van der Waals surface area (Å²) < 4.78 is 35.1. The molecule has 0 fully saturated rings. The Morgan fingerprint density at radius 2 is 1.39 bits per heavy atom. The summed E-state index contributed by atoms with van der Waals surface area (Å²) in [6, 6.07) is 20.8. The van der Waals surface area contributed by atoms with Crippen LogP contribution in [0.2, 0.25) is 0 Å². The molecule has 0 saturated heterocycles. The van der Waals surface area contributed by atoms with Crippen molar-refractivity contribution in [2.45, 2.75) is 18.7 Å². The summed E-state index contributed by atoms with van der Waals surface area (Å²) in [5.41, 5.74) is 3.46. The van der Waals surface area contributed by atoms with Gasteiger partial charge in [-0.25, -0.2) is 0 Å². The Morgan fingerprint density at radius 3 is 1.96 bits per heavy atom. The van der Waals surface area contributed by atoms with Crippen LogP contribution in [0.4, 0.5) is 5.69 Å². The van der Waals surface area contributed by atoms with Crippen LogP contribution in [0.15, 0.2) is 82.7 Å². The van der Waals surface area contributed by atoms with E-state index in [0.717, 1.165) is 28.3 Å². The summed E-state index contributed by atoms with van der Waals surface area (Å²) >= 11 is 0. The van der Waals surface area contributed by atoms with E-state index in [4.69, 9.17) is 8.92 Å². The van der Waals surface area contributed by atoms with Crippen molar-refractivity contribution in [2.24, 2.45) is 4.99 Å². The zero-order valence-electron chi connectivity index (χ0n) is 15.9.